The van der Waals surface area contributed by atoms with Crippen molar-refractivity contribution in [3.63, 3.8) is 0 Å². The molecule has 0 heterocycles. The van der Waals surface area contributed by atoms with E-state index in [9.17, 15) is 9.59 Å². The molecule has 2 N–H and O–H groups in total. The highest BCUT2D eigenvalue weighted by Gasteiger charge is 2.10. The summed E-state index contributed by atoms with van der Waals surface area (Å²) in [5.74, 6) is -1.45. The minimum Gasteiger partial charge on any atom is -0.478 e. The second-order valence-corrected chi connectivity index (χ2v) is 3.38. The van der Waals surface area contributed by atoms with Gasteiger partial charge in [0.15, 0.2) is 0 Å². The third-order valence-corrected chi connectivity index (χ3v) is 1.76. The SMILES string of the molecule is C=CC(=O)O.C=CC(=O)OCC(CCO)OCCC. The Hall–Kier alpha value is -1.66. The van der Waals surface area contributed by atoms with Gasteiger partial charge in [0, 0.05) is 25.4 Å². The van der Waals surface area contributed by atoms with E-state index in [1.165, 1.54) is 0 Å². The Morgan fingerprint density at radius 2 is 1.89 bits per heavy atom. The fraction of sp³-hybridized carbons (Fsp3) is 0.538. The van der Waals surface area contributed by atoms with Gasteiger partial charge in [0.05, 0.1) is 6.10 Å². The first-order chi connectivity index (χ1) is 9.01. The minimum absolute atomic E-state index is 0.0278. The van der Waals surface area contributed by atoms with Crippen LogP contribution in [-0.4, -0.2) is 48.1 Å². The van der Waals surface area contributed by atoms with Crippen molar-refractivity contribution < 1.29 is 29.3 Å². The molecule has 0 aromatic rings. The van der Waals surface area contributed by atoms with Crippen molar-refractivity contribution in [3.8, 4) is 0 Å². The number of carbonyl (C=O) groups is 2. The van der Waals surface area contributed by atoms with Gasteiger partial charge in [0.2, 0.25) is 0 Å². The first-order valence-corrected chi connectivity index (χ1v) is 5.88. The van der Waals surface area contributed by atoms with Crippen molar-refractivity contribution in [3.05, 3.63) is 25.3 Å². The summed E-state index contributed by atoms with van der Waals surface area (Å²) >= 11 is 0. The Bertz CT molecular complexity index is 274. The first kappa shape index (κ1) is 19.7. The van der Waals surface area contributed by atoms with E-state index in [0.29, 0.717) is 13.0 Å². The molecule has 0 radical (unpaired) electrons. The summed E-state index contributed by atoms with van der Waals surface area (Å²) in [5.41, 5.74) is 0. The van der Waals surface area contributed by atoms with E-state index >= 15 is 0 Å². The fourth-order valence-corrected chi connectivity index (χ4v) is 0.877. The number of aliphatic carboxylic acids is 1. The molecule has 0 bridgehead atoms. The van der Waals surface area contributed by atoms with Crippen molar-refractivity contribution in [2.24, 2.45) is 0 Å². The van der Waals surface area contributed by atoms with Gasteiger partial charge >= 0.3 is 11.9 Å². The summed E-state index contributed by atoms with van der Waals surface area (Å²) in [7, 11) is 0. The molecule has 110 valence electrons. The van der Waals surface area contributed by atoms with Crippen molar-refractivity contribution in [1.29, 1.82) is 0 Å². The molecule has 0 rings (SSSR count). The number of ether oxygens (including phenoxy) is 2. The van der Waals surface area contributed by atoms with Gasteiger partial charge in [-0.3, -0.25) is 0 Å². The van der Waals surface area contributed by atoms with E-state index in [2.05, 4.69) is 13.2 Å². The molecule has 19 heavy (non-hydrogen) atoms. The number of carboxylic acids is 1. The van der Waals surface area contributed by atoms with Crippen molar-refractivity contribution in [2.45, 2.75) is 25.9 Å². The zero-order valence-electron chi connectivity index (χ0n) is 11.2. The average Bonchev–Trinajstić information content (AvgIpc) is 2.42. The van der Waals surface area contributed by atoms with Crippen molar-refractivity contribution in [1.82, 2.24) is 0 Å². The molecule has 6 heteroatoms. The molecule has 0 aromatic carbocycles. The molecule has 0 amide bonds. The lowest BCUT2D eigenvalue weighted by atomic mass is 10.3. The number of hydrogen-bond acceptors (Lipinski definition) is 5. The highest BCUT2D eigenvalue weighted by atomic mass is 16.6. The van der Waals surface area contributed by atoms with E-state index in [-0.39, 0.29) is 19.3 Å². The van der Waals surface area contributed by atoms with Crippen LogP contribution in [0.5, 0.6) is 0 Å². The number of rotatable bonds is 9. The topological polar surface area (TPSA) is 93.1 Å². The van der Waals surface area contributed by atoms with Gasteiger partial charge in [0.1, 0.15) is 6.61 Å². The van der Waals surface area contributed by atoms with Gasteiger partial charge in [-0.1, -0.05) is 20.1 Å². The van der Waals surface area contributed by atoms with Crippen LogP contribution in [0.25, 0.3) is 0 Å². The predicted molar refractivity (Wildman–Crippen MR) is 70.7 cm³/mol. The molecule has 0 fully saturated rings. The van der Waals surface area contributed by atoms with Gasteiger partial charge in [-0.25, -0.2) is 9.59 Å². The summed E-state index contributed by atoms with van der Waals surface area (Å²) in [5, 5.41) is 16.3. The molecular weight excluding hydrogens is 252 g/mol. The Balaban J connectivity index is 0. The minimum atomic E-state index is -0.981. The lowest BCUT2D eigenvalue weighted by Crippen LogP contribution is -2.23. The van der Waals surface area contributed by atoms with Crippen LogP contribution >= 0.6 is 0 Å². The van der Waals surface area contributed by atoms with Crippen LogP contribution < -0.4 is 0 Å². The molecule has 0 saturated carbocycles. The number of carboxylic acid groups (broad SMARTS) is 1. The molecule has 1 unspecified atom stereocenters. The van der Waals surface area contributed by atoms with Crippen LogP contribution in [-0.2, 0) is 19.1 Å². The standard InChI is InChI=1S/C10H18O4.C3H4O2/c1-3-7-13-9(5-6-11)8-14-10(12)4-2;1-2-3(4)5/h4,9,11H,2-3,5-8H2,1H3;2H,1H2,(H,4,5). The summed E-state index contributed by atoms with van der Waals surface area (Å²) in [6.45, 7) is 9.04. The van der Waals surface area contributed by atoms with Gasteiger partial charge in [-0.15, -0.1) is 0 Å². The molecule has 0 aromatic heterocycles. The van der Waals surface area contributed by atoms with E-state index < -0.39 is 11.9 Å². The van der Waals surface area contributed by atoms with Crippen molar-refractivity contribution in [2.75, 3.05) is 19.8 Å². The maximum absolute atomic E-state index is 10.7. The molecule has 0 saturated heterocycles. The van der Waals surface area contributed by atoms with E-state index in [0.717, 1.165) is 18.6 Å². The molecule has 0 aliphatic heterocycles. The molecule has 6 nitrogen and oxygen atoms in total. The normalized spacial score (nSPS) is 10.6. The monoisotopic (exact) mass is 274 g/mol. The maximum atomic E-state index is 10.7. The van der Waals surface area contributed by atoms with Crippen LogP contribution in [0.1, 0.15) is 19.8 Å². The smallest absolute Gasteiger partial charge is 0.330 e. The Labute approximate surface area is 113 Å². The molecule has 0 aliphatic rings. The highest BCUT2D eigenvalue weighted by molar-refractivity contribution is 5.81. The van der Waals surface area contributed by atoms with E-state index in [4.69, 9.17) is 19.7 Å². The van der Waals surface area contributed by atoms with Crippen LogP contribution in [0.2, 0.25) is 0 Å². The van der Waals surface area contributed by atoms with Crippen molar-refractivity contribution >= 4 is 11.9 Å². The molecule has 0 spiro atoms. The summed E-state index contributed by atoms with van der Waals surface area (Å²) < 4.78 is 10.2. The Morgan fingerprint density at radius 1 is 1.32 bits per heavy atom. The van der Waals surface area contributed by atoms with Crippen LogP contribution in [0.4, 0.5) is 0 Å². The largest absolute Gasteiger partial charge is 0.478 e. The van der Waals surface area contributed by atoms with Crippen LogP contribution in [0.3, 0.4) is 0 Å². The Morgan fingerprint density at radius 3 is 2.26 bits per heavy atom. The highest BCUT2D eigenvalue weighted by Crippen LogP contribution is 2.00. The zero-order valence-corrected chi connectivity index (χ0v) is 11.2. The van der Waals surface area contributed by atoms with Gasteiger partial charge in [-0.2, -0.15) is 0 Å². The summed E-state index contributed by atoms with van der Waals surface area (Å²) in [6, 6.07) is 0. The average molecular weight is 274 g/mol. The Kier molecular flexibility index (Phi) is 14.9. The number of hydrogen-bond donors (Lipinski definition) is 2. The molecule has 1 atom stereocenters. The lowest BCUT2D eigenvalue weighted by molar-refractivity contribution is -0.142. The lowest BCUT2D eigenvalue weighted by Gasteiger charge is -2.15. The molecular formula is C13H22O6. The third kappa shape index (κ3) is 16.3. The van der Waals surface area contributed by atoms with Gasteiger partial charge in [0.25, 0.3) is 0 Å². The zero-order chi connectivity index (χ0) is 15.1. The number of esters is 1. The number of aliphatic hydroxyl groups excluding tert-OH is 1. The van der Waals surface area contributed by atoms with Gasteiger partial charge in [-0.05, 0) is 12.8 Å². The summed E-state index contributed by atoms with van der Waals surface area (Å²) in [6.07, 6.45) is 3.10. The maximum Gasteiger partial charge on any atom is 0.330 e. The predicted octanol–water partition coefficient (Wildman–Crippen LogP) is 1.15. The second-order valence-electron chi connectivity index (χ2n) is 3.38. The van der Waals surface area contributed by atoms with E-state index in [1.54, 1.807) is 0 Å². The quantitative estimate of drug-likeness (QED) is 0.484. The summed E-state index contributed by atoms with van der Waals surface area (Å²) in [4.78, 5) is 20.0. The third-order valence-electron chi connectivity index (χ3n) is 1.76. The molecule has 0 aliphatic carbocycles. The van der Waals surface area contributed by atoms with Crippen LogP contribution in [0.15, 0.2) is 25.3 Å². The second kappa shape index (κ2) is 14.4. The van der Waals surface area contributed by atoms with Gasteiger partial charge < -0.3 is 19.7 Å². The number of carbonyl (C=O) groups excluding carboxylic acids is 1. The van der Waals surface area contributed by atoms with E-state index in [1.807, 2.05) is 6.92 Å². The fourth-order valence-electron chi connectivity index (χ4n) is 0.877. The number of aliphatic hydroxyl groups is 1. The first-order valence-electron chi connectivity index (χ1n) is 5.88. The van der Waals surface area contributed by atoms with Crippen LogP contribution in [0, 0.1) is 0 Å².